The lowest BCUT2D eigenvalue weighted by Gasteiger charge is -2.16. The molecule has 0 saturated heterocycles. The predicted octanol–water partition coefficient (Wildman–Crippen LogP) is 1.04. The van der Waals surface area contributed by atoms with Gasteiger partial charge in [0.25, 0.3) is 0 Å². The second kappa shape index (κ2) is 5.30. The quantitative estimate of drug-likeness (QED) is 0.859. The molecule has 18 heavy (non-hydrogen) atoms. The molecule has 0 fully saturated rings. The van der Waals surface area contributed by atoms with E-state index in [0.717, 1.165) is 24.4 Å². The van der Waals surface area contributed by atoms with Crippen LogP contribution in [-0.4, -0.2) is 31.8 Å². The second-order valence-corrected chi connectivity index (χ2v) is 4.41. The van der Waals surface area contributed by atoms with Gasteiger partial charge in [-0.1, -0.05) is 12.1 Å². The minimum absolute atomic E-state index is 0.0836. The van der Waals surface area contributed by atoms with Crippen molar-refractivity contribution in [2.45, 2.75) is 32.9 Å². The number of nitrogens with zero attached hydrogens (tertiary/aromatic N) is 5. The average molecular weight is 248 g/mol. The van der Waals surface area contributed by atoms with Gasteiger partial charge in [0.15, 0.2) is 0 Å². The molecular weight excluding hydrogens is 228 g/mol. The number of nitrogens with one attached hydrogen (secondary N) is 1. The van der Waals surface area contributed by atoms with Crippen LogP contribution >= 0.6 is 0 Å². The molecular formula is C12H20N6. The number of aryl methyl sites for hydroxylation is 2. The van der Waals surface area contributed by atoms with Gasteiger partial charge in [-0.3, -0.25) is 4.68 Å². The Balaban J connectivity index is 2.39. The van der Waals surface area contributed by atoms with Crippen LogP contribution in [0.4, 0.5) is 0 Å². The van der Waals surface area contributed by atoms with E-state index in [4.69, 9.17) is 0 Å². The van der Waals surface area contributed by atoms with E-state index < -0.39 is 0 Å². The number of hydrogen-bond acceptors (Lipinski definition) is 4. The molecule has 0 radical (unpaired) electrons. The van der Waals surface area contributed by atoms with Gasteiger partial charge in [0.05, 0.1) is 24.1 Å². The molecule has 0 amide bonds. The minimum atomic E-state index is 0.0836. The van der Waals surface area contributed by atoms with Crippen molar-refractivity contribution in [2.24, 2.45) is 7.05 Å². The summed E-state index contributed by atoms with van der Waals surface area (Å²) in [7, 11) is 3.90. The third-order valence-electron chi connectivity index (χ3n) is 3.25. The standard InChI is InChI=1S/C12H20N6/c1-5-6-18-11(8-14-16-18)12(13-3)10-7-15-17(4)9(10)2/h7-8,12-13H,5-6H2,1-4H3. The molecule has 0 aliphatic carbocycles. The summed E-state index contributed by atoms with van der Waals surface area (Å²) in [6, 6.07) is 0.0836. The van der Waals surface area contributed by atoms with Crippen molar-refractivity contribution in [2.75, 3.05) is 7.05 Å². The Morgan fingerprint density at radius 3 is 2.72 bits per heavy atom. The topological polar surface area (TPSA) is 60.6 Å². The van der Waals surface area contributed by atoms with Crippen LogP contribution in [0.3, 0.4) is 0 Å². The lowest BCUT2D eigenvalue weighted by Crippen LogP contribution is -2.22. The van der Waals surface area contributed by atoms with E-state index in [1.807, 2.05) is 35.9 Å². The Bertz CT molecular complexity index is 512. The van der Waals surface area contributed by atoms with Gasteiger partial charge in [-0.25, -0.2) is 4.68 Å². The van der Waals surface area contributed by atoms with Crippen molar-refractivity contribution in [3.63, 3.8) is 0 Å². The molecule has 2 rings (SSSR count). The number of rotatable bonds is 5. The molecule has 1 atom stereocenters. The zero-order chi connectivity index (χ0) is 13.1. The fourth-order valence-corrected chi connectivity index (χ4v) is 2.14. The van der Waals surface area contributed by atoms with Gasteiger partial charge in [-0.15, -0.1) is 5.10 Å². The molecule has 2 aromatic heterocycles. The zero-order valence-electron chi connectivity index (χ0n) is 11.4. The van der Waals surface area contributed by atoms with Crippen LogP contribution in [0, 0.1) is 6.92 Å². The molecule has 98 valence electrons. The summed E-state index contributed by atoms with van der Waals surface area (Å²) in [6.45, 7) is 5.09. The van der Waals surface area contributed by atoms with Crippen LogP contribution in [0.15, 0.2) is 12.4 Å². The van der Waals surface area contributed by atoms with Gasteiger partial charge >= 0.3 is 0 Å². The lowest BCUT2D eigenvalue weighted by molar-refractivity contribution is 0.522. The molecule has 0 saturated carbocycles. The molecule has 1 N–H and O–H groups in total. The molecule has 1 unspecified atom stereocenters. The van der Waals surface area contributed by atoms with Crippen molar-refractivity contribution in [3.8, 4) is 0 Å². The normalized spacial score (nSPS) is 12.9. The maximum atomic E-state index is 4.30. The Morgan fingerprint density at radius 1 is 1.39 bits per heavy atom. The van der Waals surface area contributed by atoms with Gasteiger partial charge in [-0.05, 0) is 20.4 Å². The van der Waals surface area contributed by atoms with Crippen LogP contribution in [0.5, 0.6) is 0 Å². The summed E-state index contributed by atoms with van der Waals surface area (Å²) in [4.78, 5) is 0. The second-order valence-electron chi connectivity index (χ2n) is 4.41. The van der Waals surface area contributed by atoms with Gasteiger partial charge < -0.3 is 5.32 Å². The first-order chi connectivity index (χ1) is 8.69. The fourth-order valence-electron chi connectivity index (χ4n) is 2.14. The molecule has 0 aliphatic heterocycles. The Labute approximate surface area is 107 Å². The first-order valence-electron chi connectivity index (χ1n) is 6.23. The monoisotopic (exact) mass is 248 g/mol. The van der Waals surface area contributed by atoms with Crippen LogP contribution in [0.25, 0.3) is 0 Å². The van der Waals surface area contributed by atoms with Crippen molar-refractivity contribution in [1.29, 1.82) is 0 Å². The Kier molecular flexibility index (Phi) is 3.76. The highest BCUT2D eigenvalue weighted by atomic mass is 15.4. The molecule has 0 aromatic carbocycles. The van der Waals surface area contributed by atoms with E-state index in [1.54, 1.807) is 0 Å². The maximum Gasteiger partial charge on any atom is 0.0803 e. The van der Waals surface area contributed by atoms with Gasteiger partial charge in [-0.2, -0.15) is 5.10 Å². The maximum absolute atomic E-state index is 4.30. The van der Waals surface area contributed by atoms with E-state index in [-0.39, 0.29) is 6.04 Å². The largest absolute Gasteiger partial charge is 0.308 e. The van der Waals surface area contributed by atoms with Crippen molar-refractivity contribution >= 4 is 0 Å². The predicted molar refractivity (Wildman–Crippen MR) is 69.2 cm³/mol. The lowest BCUT2D eigenvalue weighted by atomic mass is 10.1. The smallest absolute Gasteiger partial charge is 0.0803 e. The zero-order valence-corrected chi connectivity index (χ0v) is 11.4. The molecule has 2 aromatic rings. The van der Waals surface area contributed by atoms with E-state index in [2.05, 4.69) is 34.6 Å². The highest BCUT2D eigenvalue weighted by molar-refractivity contribution is 5.28. The fraction of sp³-hybridized carbons (Fsp3) is 0.583. The number of aromatic nitrogens is 5. The van der Waals surface area contributed by atoms with Crippen molar-refractivity contribution < 1.29 is 0 Å². The van der Waals surface area contributed by atoms with E-state index in [1.165, 1.54) is 5.56 Å². The summed E-state index contributed by atoms with van der Waals surface area (Å²) in [6.07, 6.45) is 4.77. The third-order valence-corrected chi connectivity index (χ3v) is 3.25. The molecule has 2 heterocycles. The Hall–Kier alpha value is -1.69. The number of hydrogen-bond donors (Lipinski definition) is 1. The van der Waals surface area contributed by atoms with Crippen LogP contribution in [0.1, 0.15) is 36.3 Å². The van der Waals surface area contributed by atoms with Crippen LogP contribution in [0.2, 0.25) is 0 Å². The highest BCUT2D eigenvalue weighted by Gasteiger charge is 2.21. The average Bonchev–Trinajstić information content (AvgIpc) is 2.93. The third kappa shape index (κ3) is 2.15. The molecule has 6 nitrogen and oxygen atoms in total. The first kappa shape index (κ1) is 12.8. The molecule has 6 heteroatoms. The molecule has 0 spiro atoms. The van der Waals surface area contributed by atoms with E-state index in [0.29, 0.717) is 0 Å². The summed E-state index contributed by atoms with van der Waals surface area (Å²) in [5, 5.41) is 15.8. The summed E-state index contributed by atoms with van der Waals surface area (Å²) >= 11 is 0. The Morgan fingerprint density at radius 2 is 2.17 bits per heavy atom. The van der Waals surface area contributed by atoms with Gasteiger partial charge in [0.1, 0.15) is 0 Å². The summed E-state index contributed by atoms with van der Waals surface area (Å²) < 4.78 is 3.83. The molecule has 0 aliphatic rings. The SMILES string of the molecule is CCCn1nncc1C(NC)c1cnn(C)c1C. The van der Waals surface area contributed by atoms with Crippen molar-refractivity contribution in [1.82, 2.24) is 30.1 Å². The minimum Gasteiger partial charge on any atom is -0.308 e. The van der Waals surface area contributed by atoms with Crippen molar-refractivity contribution in [3.05, 3.63) is 29.3 Å². The summed E-state index contributed by atoms with van der Waals surface area (Å²) in [5.74, 6) is 0. The first-order valence-corrected chi connectivity index (χ1v) is 6.23. The van der Waals surface area contributed by atoms with Gasteiger partial charge in [0.2, 0.25) is 0 Å². The highest BCUT2D eigenvalue weighted by Crippen LogP contribution is 2.23. The van der Waals surface area contributed by atoms with Gasteiger partial charge in [0, 0.05) is 24.8 Å². The van der Waals surface area contributed by atoms with E-state index >= 15 is 0 Å². The van der Waals surface area contributed by atoms with Crippen LogP contribution < -0.4 is 5.32 Å². The summed E-state index contributed by atoms with van der Waals surface area (Å²) in [5.41, 5.74) is 3.40. The molecule has 0 bridgehead atoms. The van der Waals surface area contributed by atoms with E-state index in [9.17, 15) is 0 Å². The van der Waals surface area contributed by atoms with Crippen LogP contribution in [-0.2, 0) is 13.6 Å².